The predicted octanol–water partition coefficient (Wildman–Crippen LogP) is 4.77. The number of rotatable bonds is 2. The molecule has 0 saturated carbocycles. The normalized spacial score (nSPS) is 12.2. The van der Waals surface area contributed by atoms with Crippen LogP contribution in [0.5, 0.6) is 0 Å². The van der Waals surface area contributed by atoms with E-state index in [4.69, 9.17) is 4.74 Å². The van der Waals surface area contributed by atoms with Gasteiger partial charge in [0.25, 0.3) is 0 Å². The number of ether oxygens (including phenoxy) is 1. The molecule has 1 N–H and O–H groups in total. The Hall–Kier alpha value is -1.03. The Morgan fingerprint density at radius 3 is 2.25 bits per heavy atom. The van der Waals surface area contributed by atoms with Crippen LogP contribution in [0.4, 0.5) is 4.79 Å². The third kappa shape index (κ3) is 5.95. The summed E-state index contributed by atoms with van der Waals surface area (Å²) in [7, 11) is 0. The average Bonchev–Trinajstić information content (AvgIpc) is 2.22. The minimum absolute atomic E-state index is 0.0739. The second-order valence-electron chi connectivity index (χ2n) is 6.95. The van der Waals surface area contributed by atoms with E-state index in [-0.39, 0.29) is 5.41 Å². The molecule has 0 radical (unpaired) electrons. The van der Waals surface area contributed by atoms with E-state index in [1.165, 1.54) is 5.56 Å². The van der Waals surface area contributed by atoms with Gasteiger partial charge < -0.3 is 10.1 Å². The molecule has 0 spiro atoms. The molecule has 0 bridgehead atoms. The largest absolute Gasteiger partial charge is 0.444 e. The first-order valence-electron chi connectivity index (χ1n) is 6.74. The van der Waals surface area contributed by atoms with Crippen LogP contribution in [0.15, 0.2) is 22.7 Å². The fourth-order valence-electron chi connectivity index (χ4n) is 1.67. The van der Waals surface area contributed by atoms with Crippen molar-refractivity contribution < 1.29 is 9.53 Å². The fraction of sp³-hybridized carbons (Fsp3) is 0.562. The first-order valence-corrected chi connectivity index (χ1v) is 7.53. The van der Waals surface area contributed by atoms with Gasteiger partial charge in [-0.05, 0) is 49.4 Å². The molecule has 0 fully saturated rings. The molecule has 0 aliphatic carbocycles. The molecule has 0 unspecified atom stereocenters. The molecule has 1 amide bonds. The van der Waals surface area contributed by atoms with Gasteiger partial charge in [0, 0.05) is 11.0 Å². The number of carbonyl (C=O) groups excluding carboxylic acids is 1. The fourth-order valence-corrected chi connectivity index (χ4v) is 2.21. The number of hydrogen-bond donors (Lipinski definition) is 1. The van der Waals surface area contributed by atoms with E-state index >= 15 is 0 Å². The number of hydrogen-bond acceptors (Lipinski definition) is 2. The molecule has 4 heteroatoms. The second-order valence-corrected chi connectivity index (χ2v) is 7.87. The van der Waals surface area contributed by atoms with Gasteiger partial charge in [0.2, 0.25) is 0 Å². The van der Waals surface area contributed by atoms with Gasteiger partial charge in [-0.1, -0.05) is 42.8 Å². The van der Waals surface area contributed by atoms with Gasteiger partial charge in [0.05, 0.1) is 0 Å². The Labute approximate surface area is 130 Å². The van der Waals surface area contributed by atoms with Gasteiger partial charge in [0.1, 0.15) is 5.60 Å². The third-order valence-corrected chi connectivity index (χ3v) is 3.12. The van der Waals surface area contributed by atoms with Crippen molar-refractivity contribution in [2.24, 2.45) is 0 Å². The van der Waals surface area contributed by atoms with Crippen LogP contribution < -0.4 is 5.32 Å². The van der Waals surface area contributed by atoms with E-state index in [9.17, 15) is 4.79 Å². The monoisotopic (exact) mass is 341 g/mol. The minimum atomic E-state index is -0.474. The molecule has 0 aromatic heterocycles. The van der Waals surface area contributed by atoms with Crippen LogP contribution in [0.2, 0.25) is 0 Å². The van der Waals surface area contributed by atoms with Crippen molar-refractivity contribution in [1.29, 1.82) is 0 Å². The molecule has 0 aliphatic heterocycles. The van der Waals surface area contributed by atoms with Crippen molar-refractivity contribution in [1.82, 2.24) is 5.32 Å². The molecule has 1 aromatic carbocycles. The number of amides is 1. The second kappa shape index (κ2) is 6.17. The molecular weight excluding hydrogens is 318 g/mol. The number of nitrogens with one attached hydrogen (secondary N) is 1. The molecule has 1 rings (SSSR count). The topological polar surface area (TPSA) is 38.3 Å². The average molecular weight is 342 g/mol. The molecule has 0 saturated heterocycles. The zero-order valence-electron chi connectivity index (χ0n) is 13.1. The van der Waals surface area contributed by atoms with Crippen LogP contribution in [0, 0.1) is 0 Å². The summed E-state index contributed by atoms with van der Waals surface area (Å²) in [6, 6.07) is 6.23. The zero-order chi connectivity index (χ0) is 15.6. The molecule has 3 nitrogen and oxygen atoms in total. The molecule has 20 heavy (non-hydrogen) atoms. The lowest BCUT2D eigenvalue weighted by molar-refractivity contribution is 0.0523. The van der Waals surface area contributed by atoms with Crippen LogP contribution in [-0.4, -0.2) is 11.7 Å². The quantitative estimate of drug-likeness (QED) is 0.841. The standard InChI is InChI=1S/C16H24BrNO2/c1-15(2,3)12-7-11(8-13(17)9-12)10-18-14(19)20-16(4,5)6/h7-9H,10H2,1-6H3,(H,18,19). The number of benzene rings is 1. The van der Waals surface area contributed by atoms with Crippen molar-refractivity contribution in [3.8, 4) is 0 Å². The van der Waals surface area contributed by atoms with Gasteiger partial charge in [0.15, 0.2) is 0 Å². The Morgan fingerprint density at radius 2 is 1.75 bits per heavy atom. The lowest BCUT2D eigenvalue weighted by atomic mass is 9.86. The minimum Gasteiger partial charge on any atom is -0.444 e. The smallest absolute Gasteiger partial charge is 0.407 e. The Morgan fingerprint density at radius 1 is 1.15 bits per heavy atom. The van der Waals surface area contributed by atoms with E-state index in [0.29, 0.717) is 6.54 Å². The first-order chi connectivity index (χ1) is 8.97. The molecular formula is C16H24BrNO2. The lowest BCUT2D eigenvalue weighted by Crippen LogP contribution is -2.32. The van der Waals surface area contributed by atoms with Gasteiger partial charge in [-0.15, -0.1) is 0 Å². The van der Waals surface area contributed by atoms with Crippen LogP contribution >= 0.6 is 15.9 Å². The van der Waals surface area contributed by atoms with E-state index in [2.05, 4.69) is 54.2 Å². The van der Waals surface area contributed by atoms with Crippen molar-refractivity contribution in [3.05, 3.63) is 33.8 Å². The molecule has 0 atom stereocenters. The van der Waals surface area contributed by atoms with Crippen LogP contribution in [-0.2, 0) is 16.7 Å². The summed E-state index contributed by atoms with van der Waals surface area (Å²) in [5.74, 6) is 0. The van der Waals surface area contributed by atoms with Crippen molar-refractivity contribution in [2.75, 3.05) is 0 Å². The van der Waals surface area contributed by atoms with Crippen molar-refractivity contribution in [2.45, 2.75) is 59.1 Å². The summed E-state index contributed by atoms with van der Waals surface area (Å²) in [6.07, 6.45) is -0.394. The van der Waals surface area contributed by atoms with E-state index < -0.39 is 11.7 Å². The first kappa shape index (κ1) is 17.0. The Kier molecular flexibility index (Phi) is 5.25. The lowest BCUT2D eigenvalue weighted by Gasteiger charge is -2.21. The summed E-state index contributed by atoms with van der Waals surface area (Å²) in [6.45, 7) is 12.5. The molecule has 112 valence electrons. The summed E-state index contributed by atoms with van der Waals surface area (Å²) in [4.78, 5) is 11.7. The number of carbonyl (C=O) groups is 1. The van der Waals surface area contributed by atoms with Gasteiger partial charge in [-0.25, -0.2) is 4.79 Å². The highest BCUT2D eigenvalue weighted by molar-refractivity contribution is 9.10. The van der Waals surface area contributed by atoms with Crippen LogP contribution in [0.25, 0.3) is 0 Å². The molecule has 0 aliphatic rings. The summed E-state index contributed by atoms with van der Waals surface area (Å²) in [5, 5.41) is 2.78. The number of alkyl carbamates (subject to hydrolysis) is 1. The van der Waals surface area contributed by atoms with Crippen molar-refractivity contribution >= 4 is 22.0 Å². The van der Waals surface area contributed by atoms with E-state index in [1.54, 1.807) is 0 Å². The maximum absolute atomic E-state index is 11.7. The van der Waals surface area contributed by atoms with Gasteiger partial charge in [-0.3, -0.25) is 0 Å². The predicted molar refractivity (Wildman–Crippen MR) is 85.9 cm³/mol. The van der Waals surface area contributed by atoms with Crippen LogP contribution in [0.3, 0.4) is 0 Å². The SMILES string of the molecule is CC(C)(C)OC(=O)NCc1cc(Br)cc(C(C)(C)C)c1. The summed E-state index contributed by atoms with van der Waals surface area (Å²) >= 11 is 3.52. The molecule has 1 aromatic rings. The maximum atomic E-state index is 11.7. The number of halogens is 1. The zero-order valence-corrected chi connectivity index (χ0v) is 14.7. The third-order valence-electron chi connectivity index (χ3n) is 2.66. The van der Waals surface area contributed by atoms with Crippen molar-refractivity contribution in [3.63, 3.8) is 0 Å². The van der Waals surface area contributed by atoms with Crippen LogP contribution in [0.1, 0.15) is 52.7 Å². The van der Waals surface area contributed by atoms with E-state index in [0.717, 1.165) is 10.0 Å². The summed E-state index contributed by atoms with van der Waals surface area (Å²) in [5.41, 5.74) is 1.88. The maximum Gasteiger partial charge on any atom is 0.407 e. The highest BCUT2D eigenvalue weighted by Gasteiger charge is 2.17. The highest BCUT2D eigenvalue weighted by atomic mass is 79.9. The van der Waals surface area contributed by atoms with E-state index in [1.807, 2.05) is 26.8 Å². The highest BCUT2D eigenvalue weighted by Crippen LogP contribution is 2.26. The Bertz CT molecular complexity index is 484. The summed E-state index contributed by atoms with van der Waals surface area (Å²) < 4.78 is 6.24. The van der Waals surface area contributed by atoms with Gasteiger partial charge >= 0.3 is 6.09 Å². The Balaban J connectivity index is 2.74. The molecule has 0 heterocycles. The van der Waals surface area contributed by atoms with Gasteiger partial charge in [-0.2, -0.15) is 0 Å².